The highest BCUT2D eigenvalue weighted by atomic mass is 32.2. The average molecular weight is 332 g/mol. The van der Waals surface area contributed by atoms with Crippen LogP contribution in [0.2, 0.25) is 0 Å². The van der Waals surface area contributed by atoms with E-state index < -0.39 is 10.0 Å². The number of anilines is 2. The lowest BCUT2D eigenvalue weighted by Gasteiger charge is -2.31. The van der Waals surface area contributed by atoms with E-state index in [9.17, 15) is 8.42 Å². The number of nitrogens with zero attached hydrogens (tertiary/aromatic N) is 3. The van der Waals surface area contributed by atoms with E-state index in [-0.39, 0.29) is 4.90 Å². The quantitative estimate of drug-likeness (QED) is 0.931. The van der Waals surface area contributed by atoms with Crippen LogP contribution in [0.4, 0.5) is 11.6 Å². The highest BCUT2D eigenvalue weighted by Crippen LogP contribution is 2.22. The van der Waals surface area contributed by atoms with Crippen molar-refractivity contribution >= 4 is 21.7 Å². The third kappa shape index (κ3) is 3.79. The summed E-state index contributed by atoms with van der Waals surface area (Å²) in [6, 6.07) is 8.42. The first kappa shape index (κ1) is 15.7. The zero-order valence-corrected chi connectivity index (χ0v) is 13.8. The van der Waals surface area contributed by atoms with Gasteiger partial charge < -0.3 is 4.90 Å². The van der Waals surface area contributed by atoms with Crippen LogP contribution in [0.1, 0.15) is 19.8 Å². The van der Waals surface area contributed by atoms with Gasteiger partial charge in [0.25, 0.3) is 10.0 Å². The van der Waals surface area contributed by atoms with Gasteiger partial charge in [-0.3, -0.25) is 4.72 Å². The first-order chi connectivity index (χ1) is 11.0. The summed E-state index contributed by atoms with van der Waals surface area (Å²) in [4.78, 5) is 10.6. The lowest BCUT2D eigenvalue weighted by molar-refractivity contribution is 0.444. The third-order valence-electron chi connectivity index (χ3n) is 3.92. The molecule has 0 aromatic carbocycles. The second-order valence-electron chi connectivity index (χ2n) is 5.87. The molecule has 0 aliphatic carbocycles. The Morgan fingerprint density at radius 3 is 2.74 bits per heavy atom. The van der Waals surface area contributed by atoms with Crippen LogP contribution in [0.3, 0.4) is 0 Å². The van der Waals surface area contributed by atoms with E-state index in [1.165, 1.54) is 18.8 Å². The predicted octanol–water partition coefficient (Wildman–Crippen LogP) is 2.51. The lowest BCUT2D eigenvalue weighted by atomic mass is 10.0. The third-order valence-corrected chi connectivity index (χ3v) is 5.26. The van der Waals surface area contributed by atoms with Gasteiger partial charge in [0, 0.05) is 25.5 Å². The fraction of sp³-hybridized carbons (Fsp3) is 0.375. The SMILES string of the molecule is CC1CCCN(c2ccc(S(=O)(=O)Nc3ccccn3)cn2)C1. The van der Waals surface area contributed by atoms with E-state index in [2.05, 4.69) is 26.5 Å². The second kappa shape index (κ2) is 6.54. The van der Waals surface area contributed by atoms with Crippen molar-refractivity contribution in [1.82, 2.24) is 9.97 Å². The molecule has 6 nitrogen and oxygen atoms in total. The summed E-state index contributed by atoms with van der Waals surface area (Å²) in [5.74, 6) is 1.76. The number of rotatable bonds is 4. The summed E-state index contributed by atoms with van der Waals surface area (Å²) in [6.07, 6.45) is 5.32. The van der Waals surface area contributed by atoms with E-state index in [0.29, 0.717) is 11.7 Å². The Bertz CT molecular complexity index is 747. The van der Waals surface area contributed by atoms with Crippen LogP contribution in [0.25, 0.3) is 0 Å². The van der Waals surface area contributed by atoms with Crippen molar-refractivity contribution in [3.05, 3.63) is 42.7 Å². The van der Waals surface area contributed by atoms with Gasteiger partial charge in [0.15, 0.2) is 0 Å². The summed E-state index contributed by atoms with van der Waals surface area (Å²) in [5.41, 5.74) is 0. The Labute approximate surface area is 136 Å². The molecule has 1 aliphatic rings. The summed E-state index contributed by atoms with van der Waals surface area (Å²) < 4.78 is 27.1. The van der Waals surface area contributed by atoms with Crippen molar-refractivity contribution in [2.45, 2.75) is 24.7 Å². The molecular weight excluding hydrogens is 312 g/mol. The maximum atomic E-state index is 12.3. The molecule has 0 spiro atoms. The smallest absolute Gasteiger partial charge is 0.264 e. The molecule has 1 N–H and O–H groups in total. The molecule has 1 aliphatic heterocycles. The maximum Gasteiger partial charge on any atom is 0.264 e. The largest absolute Gasteiger partial charge is 0.356 e. The number of hydrogen-bond donors (Lipinski definition) is 1. The van der Waals surface area contributed by atoms with Gasteiger partial charge in [-0.05, 0) is 43.0 Å². The predicted molar refractivity (Wildman–Crippen MR) is 89.9 cm³/mol. The highest BCUT2D eigenvalue weighted by molar-refractivity contribution is 7.92. The second-order valence-corrected chi connectivity index (χ2v) is 7.55. The van der Waals surface area contributed by atoms with Crippen molar-refractivity contribution in [1.29, 1.82) is 0 Å². The molecule has 0 amide bonds. The van der Waals surface area contributed by atoms with E-state index >= 15 is 0 Å². The molecule has 1 atom stereocenters. The van der Waals surface area contributed by atoms with E-state index in [4.69, 9.17) is 0 Å². The van der Waals surface area contributed by atoms with Crippen molar-refractivity contribution in [2.24, 2.45) is 5.92 Å². The number of pyridine rings is 2. The van der Waals surface area contributed by atoms with Gasteiger partial charge in [-0.1, -0.05) is 13.0 Å². The Kier molecular flexibility index (Phi) is 4.47. The van der Waals surface area contributed by atoms with Gasteiger partial charge in [0.2, 0.25) is 0 Å². The van der Waals surface area contributed by atoms with Crippen LogP contribution < -0.4 is 9.62 Å². The molecule has 7 heteroatoms. The van der Waals surface area contributed by atoms with Crippen LogP contribution in [-0.2, 0) is 10.0 Å². The monoisotopic (exact) mass is 332 g/mol. The first-order valence-electron chi connectivity index (χ1n) is 7.69. The summed E-state index contributed by atoms with van der Waals surface area (Å²) in [5, 5.41) is 0. The van der Waals surface area contributed by atoms with Crippen LogP contribution in [-0.4, -0.2) is 31.5 Å². The molecule has 122 valence electrons. The zero-order chi connectivity index (χ0) is 16.3. The Morgan fingerprint density at radius 2 is 2.09 bits per heavy atom. The fourth-order valence-corrected chi connectivity index (χ4v) is 3.69. The van der Waals surface area contributed by atoms with Gasteiger partial charge in [-0.15, -0.1) is 0 Å². The zero-order valence-electron chi connectivity index (χ0n) is 13.0. The Hall–Kier alpha value is -2.15. The molecule has 1 unspecified atom stereocenters. The maximum absolute atomic E-state index is 12.3. The van der Waals surface area contributed by atoms with Crippen LogP contribution in [0, 0.1) is 5.92 Å². The molecule has 1 fully saturated rings. The minimum Gasteiger partial charge on any atom is -0.356 e. The molecular formula is C16H20N4O2S. The van der Waals surface area contributed by atoms with Gasteiger partial charge >= 0.3 is 0 Å². The first-order valence-corrected chi connectivity index (χ1v) is 9.18. The summed E-state index contributed by atoms with van der Waals surface area (Å²) >= 11 is 0. The molecule has 23 heavy (non-hydrogen) atoms. The van der Waals surface area contributed by atoms with Crippen molar-refractivity contribution < 1.29 is 8.42 Å². The Balaban J connectivity index is 1.76. The number of nitrogens with one attached hydrogen (secondary N) is 1. The molecule has 0 saturated carbocycles. The normalized spacial score (nSPS) is 18.7. The standard InChI is InChI=1S/C16H20N4O2S/c1-13-5-4-10-20(12-13)16-8-7-14(11-18-16)23(21,22)19-15-6-2-3-9-17-15/h2-3,6-9,11,13H,4-5,10,12H2,1H3,(H,17,19). The molecule has 3 heterocycles. The molecule has 2 aromatic rings. The summed E-state index contributed by atoms with van der Waals surface area (Å²) in [7, 11) is -3.67. The van der Waals surface area contributed by atoms with Crippen LogP contribution >= 0.6 is 0 Å². The van der Waals surface area contributed by atoms with Gasteiger partial charge in [-0.25, -0.2) is 18.4 Å². The summed E-state index contributed by atoms with van der Waals surface area (Å²) in [6.45, 7) is 4.16. The average Bonchev–Trinajstić information content (AvgIpc) is 2.55. The molecule has 0 radical (unpaired) electrons. The van der Waals surface area contributed by atoms with Crippen molar-refractivity contribution in [2.75, 3.05) is 22.7 Å². The van der Waals surface area contributed by atoms with E-state index in [1.54, 1.807) is 30.3 Å². The Morgan fingerprint density at radius 1 is 1.22 bits per heavy atom. The van der Waals surface area contributed by atoms with Gasteiger partial charge in [-0.2, -0.15) is 0 Å². The fourth-order valence-electron chi connectivity index (χ4n) is 2.74. The van der Waals surface area contributed by atoms with Gasteiger partial charge in [0.05, 0.1) is 0 Å². The molecule has 2 aromatic heterocycles. The number of sulfonamides is 1. The lowest BCUT2D eigenvalue weighted by Crippen LogP contribution is -2.34. The van der Waals surface area contributed by atoms with Crippen LogP contribution in [0.5, 0.6) is 0 Å². The topological polar surface area (TPSA) is 75.2 Å². The minimum absolute atomic E-state index is 0.136. The molecule has 0 bridgehead atoms. The van der Waals surface area contributed by atoms with E-state index in [1.807, 2.05) is 0 Å². The number of aromatic nitrogens is 2. The minimum atomic E-state index is -3.67. The van der Waals surface area contributed by atoms with Crippen molar-refractivity contribution in [3.8, 4) is 0 Å². The van der Waals surface area contributed by atoms with Crippen molar-refractivity contribution in [3.63, 3.8) is 0 Å². The molecule has 3 rings (SSSR count). The van der Waals surface area contributed by atoms with Gasteiger partial charge in [0.1, 0.15) is 16.5 Å². The number of piperidine rings is 1. The van der Waals surface area contributed by atoms with E-state index in [0.717, 1.165) is 25.3 Å². The molecule has 1 saturated heterocycles. The van der Waals surface area contributed by atoms with Crippen LogP contribution in [0.15, 0.2) is 47.6 Å². The highest BCUT2D eigenvalue weighted by Gasteiger charge is 2.19. The number of hydrogen-bond acceptors (Lipinski definition) is 5.